The Morgan fingerprint density at radius 2 is 2.00 bits per heavy atom. The smallest absolute Gasteiger partial charge is 0.0540 e. The van der Waals surface area contributed by atoms with Gasteiger partial charge in [-0.1, -0.05) is 30.0 Å². The van der Waals surface area contributed by atoms with Crippen molar-refractivity contribution >= 4 is 0 Å². The summed E-state index contributed by atoms with van der Waals surface area (Å²) in [6, 6.07) is 8.35. The molecule has 20 heavy (non-hydrogen) atoms. The van der Waals surface area contributed by atoms with Crippen LogP contribution in [0, 0.1) is 11.8 Å². The van der Waals surface area contributed by atoms with Gasteiger partial charge in [0.15, 0.2) is 0 Å². The Balaban J connectivity index is 2.03. The Morgan fingerprint density at radius 1 is 1.15 bits per heavy atom. The molecule has 108 valence electrons. The van der Waals surface area contributed by atoms with E-state index in [2.05, 4.69) is 46.9 Å². The standard InChI is InChI=1S/C17H24N2O/c1-18-10-6-11-19(13-12-18)15-17-9-3-2-7-16(17)8-4-5-14-20/h2-3,7,9,20H,5-6,10-15H2,1H3. The third-order valence-electron chi connectivity index (χ3n) is 3.68. The van der Waals surface area contributed by atoms with Crippen LogP contribution >= 0.6 is 0 Å². The van der Waals surface area contributed by atoms with Crippen molar-refractivity contribution in [1.82, 2.24) is 9.80 Å². The Morgan fingerprint density at radius 3 is 2.85 bits per heavy atom. The van der Waals surface area contributed by atoms with Gasteiger partial charge in [0.1, 0.15) is 0 Å². The van der Waals surface area contributed by atoms with E-state index in [1.54, 1.807) is 0 Å². The topological polar surface area (TPSA) is 26.7 Å². The number of rotatable bonds is 3. The number of benzene rings is 1. The average Bonchev–Trinajstić information content (AvgIpc) is 2.66. The first-order chi connectivity index (χ1) is 9.79. The summed E-state index contributed by atoms with van der Waals surface area (Å²) in [7, 11) is 2.19. The van der Waals surface area contributed by atoms with E-state index in [9.17, 15) is 0 Å². The molecule has 2 rings (SSSR count). The lowest BCUT2D eigenvalue weighted by Crippen LogP contribution is -2.28. The summed E-state index contributed by atoms with van der Waals surface area (Å²) in [6.45, 7) is 5.70. The number of nitrogens with zero attached hydrogens (tertiary/aromatic N) is 2. The van der Waals surface area contributed by atoms with Crippen LogP contribution in [0.25, 0.3) is 0 Å². The Hall–Kier alpha value is -1.34. The molecule has 0 aromatic heterocycles. The summed E-state index contributed by atoms with van der Waals surface area (Å²) in [5.74, 6) is 6.20. The first-order valence-electron chi connectivity index (χ1n) is 7.38. The molecule has 0 bridgehead atoms. The molecule has 3 heteroatoms. The molecule has 0 amide bonds. The van der Waals surface area contributed by atoms with Gasteiger partial charge in [0, 0.05) is 31.6 Å². The van der Waals surface area contributed by atoms with Crippen molar-refractivity contribution in [1.29, 1.82) is 0 Å². The second-order valence-electron chi connectivity index (χ2n) is 5.37. The molecule has 1 aliphatic rings. The predicted molar refractivity (Wildman–Crippen MR) is 82.4 cm³/mol. The summed E-state index contributed by atoms with van der Waals surface area (Å²) in [5, 5.41) is 8.82. The minimum absolute atomic E-state index is 0.133. The number of likely N-dealkylation sites (N-methyl/N-ethyl adjacent to an activating group) is 1. The largest absolute Gasteiger partial charge is 0.395 e. The van der Waals surface area contributed by atoms with Crippen LogP contribution in [-0.2, 0) is 6.54 Å². The van der Waals surface area contributed by atoms with E-state index >= 15 is 0 Å². The summed E-state index contributed by atoms with van der Waals surface area (Å²) in [6.07, 6.45) is 1.78. The summed E-state index contributed by atoms with van der Waals surface area (Å²) in [4.78, 5) is 4.91. The number of hydrogen-bond acceptors (Lipinski definition) is 3. The minimum Gasteiger partial charge on any atom is -0.395 e. The van der Waals surface area contributed by atoms with Gasteiger partial charge in [-0.15, -0.1) is 0 Å². The Kier molecular flexibility index (Phi) is 6.07. The van der Waals surface area contributed by atoms with Crippen LogP contribution in [0.15, 0.2) is 24.3 Å². The third-order valence-corrected chi connectivity index (χ3v) is 3.68. The molecule has 0 radical (unpaired) electrons. The van der Waals surface area contributed by atoms with Crippen molar-refractivity contribution < 1.29 is 5.11 Å². The van der Waals surface area contributed by atoms with Gasteiger partial charge in [0.2, 0.25) is 0 Å². The lowest BCUT2D eigenvalue weighted by molar-refractivity contribution is 0.269. The molecule has 1 saturated heterocycles. The van der Waals surface area contributed by atoms with Crippen molar-refractivity contribution in [3.8, 4) is 11.8 Å². The van der Waals surface area contributed by atoms with Gasteiger partial charge in [-0.25, -0.2) is 0 Å². The number of hydrogen-bond donors (Lipinski definition) is 1. The number of aliphatic hydroxyl groups is 1. The Labute approximate surface area is 122 Å². The minimum atomic E-state index is 0.133. The lowest BCUT2D eigenvalue weighted by Gasteiger charge is -2.20. The summed E-state index contributed by atoms with van der Waals surface area (Å²) in [5.41, 5.74) is 2.39. The lowest BCUT2D eigenvalue weighted by atomic mass is 10.1. The van der Waals surface area contributed by atoms with Gasteiger partial charge in [0.05, 0.1) is 6.61 Å². The molecule has 1 heterocycles. The monoisotopic (exact) mass is 272 g/mol. The maximum atomic E-state index is 8.82. The zero-order valence-electron chi connectivity index (χ0n) is 12.3. The first-order valence-corrected chi connectivity index (χ1v) is 7.38. The van der Waals surface area contributed by atoms with Crippen molar-refractivity contribution in [2.45, 2.75) is 19.4 Å². The van der Waals surface area contributed by atoms with Crippen LogP contribution in [0.3, 0.4) is 0 Å². The second kappa shape index (κ2) is 8.06. The molecule has 1 fully saturated rings. The van der Waals surface area contributed by atoms with E-state index in [-0.39, 0.29) is 6.61 Å². The molecule has 0 aliphatic carbocycles. The quantitative estimate of drug-likeness (QED) is 0.846. The van der Waals surface area contributed by atoms with E-state index in [0.29, 0.717) is 6.42 Å². The normalized spacial score (nSPS) is 17.3. The molecule has 3 nitrogen and oxygen atoms in total. The first kappa shape index (κ1) is 15.1. The molecule has 1 N–H and O–H groups in total. The maximum Gasteiger partial charge on any atom is 0.0540 e. The van der Waals surface area contributed by atoms with E-state index in [1.807, 2.05) is 6.07 Å². The highest BCUT2D eigenvalue weighted by Crippen LogP contribution is 2.12. The van der Waals surface area contributed by atoms with Crippen LogP contribution in [0.2, 0.25) is 0 Å². The van der Waals surface area contributed by atoms with Gasteiger partial charge in [-0.05, 0) is 38.2 Å². The van der Waals surface area contributed by atoms with E-state index in [1.165, 1.54) is 18.5 Å². The highest BCUT2D eigenvalue weighted by Gasteiger charge is 2.13. The van der Waals surface area contributed by atoms with Crippen molar-refractivity contribution in [3.05, 3.63) is 35.4 Å². The third kappa shape index (κ3) is 4.64. The fraction of sp³-hybridized carbons (Fsp3) is 0.529. The van der Waals surface area contributed by atoms with Crippen molar-refractivity contribution in [3.63, 3.8) is 0 Å². The number of aliphatic hydroxyl groups excluding tert-OH is 1. The molecule has 0 unspecified atom stereocenters. The zero-order valence-corrected chi connectivity index (χ0v) is 12.3. The van der Waals surface area contributed by atoms with Crippen LogP contribution < -0.4 is 0 Å². The molecular formula is C17H24N2O. The van der Waals surface area contributed by atoms with E-state index in [4.69, 9.17) is 5.11 Å². The molecule has 0 atom stereocenters. The molecule has 1 aromatic carbocycles. The summed E-state index contributed by atoms with van der Waals surface area (Å²) >= 11 is 0. The van der Waals surface area contributed by atoms with E-state index in [0.717, 1.165) is 31.7 Å². The molecule has 1 aromatic rings. The van der Waals surface area contributed by atoms with Gasteiger partial charge in [-0.3, -0.25) is 4.90 Å². The molecule has 1 aliphatic heterocycles. The van der Waals surface area contributed by atoms with Crippen molar-refractivity contribution in [2.75, 3.05) is 39.8 Å². The zero-order chi connectivity index (χ0) is 14.2. The van der Waals surface area contributed by atoms with Crippen LogP contribution in [0.1, 0.15) is 24.0 Å². The van der Waals surface area contributed by atoms with Crippen molar-refractivity contribution in [2.24, 2.45) is 0 Å². The fourth-order valence-electron chi connectivity index (χ4n) is 2.49. The fourth-order valence-corrected chi connectivity index (χ4v) is 2.49. The van der Waals surface area contributed by atoms with Crippen LogP contribution in [-0.4, -0.2) is 54.7 Å². The molecular weight excluding hydrogens is 248 g/mol. The van der Waals surface area contributed by atoms with Crippen LogP contribution in [0.5, 0.6) is 0 Å². The summed E-state index contributed by atoms with van der Waals surface area (Å²) < 4.78 is 0. The van der Waals surface area contributed by atoms with Gasteiger partial charge in [-0.2, -0.15) is 0 Å². The highest BCUT2D eigenvalue weighted by atomic mass is 16.2. The second-order valence-corrected chi connectivity index (χ2v) is 5.37. The van der Waals surface area contributed by atoms with E-state index < -0.39 is 0 Å². The van der Waals surface area contributed by atoms with Gasteiger partial charge in [0.25, 0.3) is 0 Å². The predicted octanol–water partition coefficient (Wildman–Crippen LogP) is 1.56. The highest BCUT2D eigenvalue weighted by molar-refractivity contribution is 5.41. The van der Waals surface area contributed by atoms with Gasteiger partial charge < -0.3 is 10.0 Å². The van der Waals surface area contributed by atoms with Gasteiger partial charge >= 0.3 is 0 Å². The SMILES string of the molecule is CN1CCCN(Cc2ccccc2C#CCCO)CC1. The molecule has 0 saturated carbocycles. The maximum absolute atomic E-state index is 8.82. The molecule has 0 spiro atoms. The van der Waals surface area contributed by atoms with Crippen LogP contribution in [0.4, 0.5) is 0 Å². The Bertz CT molecular complexity index is 475. The average molecular weight is 272 g/mol.